The average molecular weight is 210 g/mol. The van der Waals surface area contributed by atoms with Gasteiger partial charge in [-0.3, -0.25) is 0 Å². The summed E-state index contributed by atoms with van der Waals surface area (Å²) in [4.78, 5) is 0. The van der Waals surface area contributed by atoms with Gasteiger partial charge in [-0.05, 0) is 57.5 Å². The van der Waals surface area contributed by atoms with Crippen molar-refractivity contribution in [1.29, 1.82) is 0 Å². The Morgan fingerprint density at radius 3 is 2.53 bits per heavy atom. The van der Waals surface area contributed by atoms with Gasteiger partial charge in [-0.1, -0.05) is 13.3 Å². The molecule has 0 bridgehead atoms. The Labute approximate surface area is 94.2 Å². The number of nitrogens with one attached hydrogen (secondary N) is 2. The Kier molecular flexibility index (Phi) is 4.45. The molecule has 0 saturated carbocycles. The quantitative estimate of drug-likeness (QED) is 0.727. The van der Waals surface area contributed by atoms with Gasteiger partial charge in [-0.2, -0.15) is 0 Å². The number of hydrogen-bond donors (Lipinski definition) is 2. The van der Waals surface area contributed by atoms with E-state index in [1.807, 2.05) is 0 Å². The first kappa shape index (κ1) is 11.4. The Morgan fingerprint density at radius 2 is 1.93 bits per heavy atom. The molecule has 2 heterocycles. The Bertz CT molecular complexity index is 169. The van der Waals surface area contributed by atoms with Crippen LogP contribution in [-0.2, 0) is 0 Å². The molecule has 88 valence electrons. The summed E-state index contributed by atoms with van der Waals surface area (Å²) in [5.74, 6) is 0.926. The Balaban J connectivity index is 1.69. The van der Waals surface area contributed by atoms with Gasteiger partial charge in [0.05, 0.1) is 0 Å². The van der Waals surface area contributed by atoms with E-state index in [1.165, 1.54) is 58.0 Å². The molecular weight excluding hydrogens is 184 g/mol. The van der Waals surface area contributed by atoms with Crippen LogP contribution >= 0.6 is 0 Å². The Morgan fingerprint density at radius 1 is 1.13 bits per heavy atom. The zero-order chi connectivity index (χ0) is 10.5. The van der Waals surface area contributed by atoms with Crippen LogP contribution in [0.2, 0.25) is 0 Å². The Hall–Kier alpha value is -0.0800. The second-order valence-corrected chi connectivity index (χ2v) is 5.24. The third-order valence-corrected chi connectivity index (χ3v) is 4.24. The first-order valence-corrected chi connectivity index (χ1v) is 6.87. The van der Waals surface area contributed by atoms with Gasteiger partial charge < -0.3 is 10.6 Å². The minimum Gasteiger partial charge on any atom is -0.314 e. The van der Waals surface area contributed by atoms with Crippen molar-refractivity contribution in [2.24, 2.45) is 5.92 Å². The summed E-state index contributed by atoms with van der Waals surface area (Å²) < 4.78 is 0. The molecule has 2 N–H and O–H groups in total. The molecule has 2 aliphatic rings. The van der Waals surface area contributed by atoms with Crippen LogP contribution in [0.3, 0.4) is 0 Å². The lowest BCUT2D eigenvalue weighted by Crippen LogP contribution is -2.31. The van der Waals surface area contributed by atoms with Crippen molar-refractivity contribution in [2.75, 3.05) is 13.1 Å². The lowest BCUT2D eigenvalue weighted by Gasteiger charge is -2.23. The standard InChI is InChI=1S/C13H26N2/c1-2-11(13-6-4-10-15-13)7-8-12-5-3-9-14-12/h11-15H,2-10H2,1H3. The molecule has 2 saturated heterocycles. The molecule has 2 rings (SSSR count). The highest BCUT2D eigenvalue weighted by Gasteiger charge is 2.24. The summed E-state index contributed by atoms with van der Waals surface area (Å²) in [6.07, 6.45) is 9.78. The van der Waals surface area contributed by atoms with Crippen LogP contribution in [0.5, 0.6) is 0 Å². The van der Waals surface area contributed by atoms with E-state index in [-0.39, 0.29) is 0 Å². The highest BCUT2D eigenvalue weighted by Crippen LogP contribution is 2.24. The van der Waals surface area contributed by atoms with E-state index in [2.05, 4.69) is 17.6 Å². The maximum Gasteiger partial charge on any atom is 0.00957 e. The van der Waals surface area contributed by atoms with E-state index in [0.717, 1.165) is 18.0 Å². The van der Waals surface area contributed by atoms with Crippen molar-refractivity contribution in [2.45, 2.75) is 64.0 Å². The molecule has 3 atom stereocenters. The molecule has 2 fully saturated rings. The fourth-order valence-corrected chi connectivity index (χ4v) is 3.22. The maximum absolute atomic E-state index is 3.66. The van der Waals surface area contributed by atoms with Crippen LogP contribution in [0, 0.1) is 5.92 Å². The summed E-state index contributed by atoms with van der Waals surface area (Å²) in [6, 6.07) is 1.66. The third-order valence-electron chi connectivity index (χ3n) is 4.24. The second kappa shape index (κ2) is 5.86. The SMILES string of the molecule is CCC(CCC1CCCN1)C1CCCN1. The van der Waals surface area contributed by atoms with E-state index in [9.17, 15) is 0 Å². The summed E-state index contributed by atoms with van der Waals surface area (Å²) in [5, 5.41) is 7.27. The molecule has 2 nitrogen and oxygen atoms in total. The molecule has 0 aromatic carbocycles. The summed E-state index contributed by atoms with van der Waals surface area (Å²) in [7, 11) is 0. The minimum absolute atomic E-state index is 0.830. The van der Waals surface area contributed by atoms with Crippen LogP contribution in [0.15, 0.2) is 0 Å². The average Bonchev–Trinajstić information content (AvgIpc) is 2.90. The van der Waals surface area contributed by atoms with Gasteiger partial charge in [-0.25, -0.2) is 0 Å². The normalized spacial score (nSPS) is 33.4. The maximum atomic E-state index is 3.66. The van der Waals surface area contributed by atoms with Gasteiger partial charge in [0.1, 0.15) is 0 Å². The predicted molar refractivity (Wildman–Crippen MR) is 65.1 cm³/mol. The van der Waals surface area contributed by atoms with E-state index in [4.69, 9.17) is 0 Å². The van der Waals surface area contributed by atoms with Gasteiger partial charge in [-0.15, -0.1) is 0 Å². The van der Waals surface area contributed by atoms with Gasteiger partial charge in [0.25, 0.3) is 0 Å². The van der Waals surface area contributed by atoms with Gasteiger partial charge in [0, 0.05) is 12.1 Å². The highest BCUT2D eigenvalue weighted by molar-refractivity contribution is 4.83. The lowest BCUT2D eigenvalue weighted by molar-refractivity contribution is 0.331. The van der Waals surface area contributed by atoms with E-state index in [1.54, 1.807) is 0 Å². The smallest absolute Gasteiger partial charge is 0.00957 e. The van der Waals surface area contributed by atoms with Gasteiger partial charge >= 0.3 is 0 Å². The fourth-order valence-electron chi connectivity index (χ4n) is 3.22. The fraction of sp³-hybridized carbons (Fsp3) is 1.00. The van der Waals surface area contributed by atoms with Crippen LogP contribution in [-0.4, -0.2) is 25.2 Å². The molecular formula is C13H26N2. The van der Waals surface area contributed by atoms with Crippen LogP contribution in [0.25, 0.3) is 0 Å². The second-order valence-electron chi connectivity index (χ2n) is 5.24. The molecule has 0 aromatic rings. The summed E-state index contributed by atoms with van der Waals surface area (Å²) in [6.45, 7) is 4.86. The van der Waals surface area contributed by atoms with Gasteiger partial charge in [0.15, 0.2) is 0 Å². The first-order valence-electron chi connectivity index (χ1n) is 6.87. The van der Waals surface area contributed by atoms with Crippen molar-refractivity contribution in [3.63, 3.8) is 0 Å². The minimum atomic E-state index is 0.830. The summed E-state index contributed by atoms with van der Waals surface area (Å²) in [5.41, 5.74) is 0. The predicted octanol–water partition coefficient (Wildman–Crippen LogP) is 2.30. The van der Waals surface area contributed by atoms with Crippen molar-refractivity contribution in [1.82, 2.24) is 10.6 Å². The molecule has 0 spiro atoms. The highest BCUT2D eigenvalue weighted by atomic mass is 14.9. The zero-order valence-corrected chi connectivity index (χ0v) is 10.1. The largest absolute Gasteiger partial charge is 0.314 e. The molecule has 15 heavy (non-hydrogen) atoms. The molecule has 2 heteroatoms. The van der Waals surface area contributed by atoms with Crippen molar-refractivity contribution < 1.29 is 0 Å². The molecule has 0 aliphatic carbocycles. The zero-order valence-electron chi connectivity index (χ0n) is 10.1. The number of rotatable bonds is 5. The van der Waals surface area contributed by atoms with E-state index >= 15 is 0 Å². The van der Waals surface area contributed by atoms with E-state index in [0.29, 0.717) is 0 Å². The van der Waals surface area contributed by atoms with Crippen molar-refractivity contribution in [3.8, 4) is 0 Å². The third kappa shape index (κ3) is 3.18. The lowest BCUT2D eigenvalue weighted by atomic mass is 9.89. The molecule has 0 amide bonds. The topological polar surface area (TPSA) is 24.1 Å². The molecule has 3 unspecified atom stereocenters. The van der Waals surface area contributed by atoms with E-state index < -0.39 is 0 Å². The number of hydrogen-bond acceptors (Lipinski definition) is 2. The van der Waals surface area contributed by atoms with Gasteiger partial charge in [0.2, 0.25) is 0 Å². The van der Waals surface area contributed by atoms with Crippen LogP contribution < -0.4 is 10.6 Å². The molecule has 0 aromatic heterocycles. The van der Waals surface area contributed by atoms with Crippen molar-refractivity contribution >= 4 is 0 Å². The first-order chi connectivity index (χ1) is 7.40. The van der Waals surface area contributed by atoms with Crippen LogP contribution in [0.4, 0.5) is 0 Å². The van der Waals surface area contributed by atoms with Crippen LogP contribution in [0.1, 0.15) is 51.9 Å². The summed E-state index contributed by atoms with van der Waals surface area (Å²) >= 11 is 0. The monoisotopic (exact) mass is 210 g/mol. The molecule has 2 aliphatic heterocycles. The van der Waals surface area contributed by atoms with Crippen molar-refractivity contribution in [3.05, 3.63) is 0 Å². The molecule has 0 radical (unpaired) electrons.